The Bertz CT molecular complexity index is 1290. The van der Waals surface area contributed by atoms with Crippen LogP contribution in [-0.4, -0.2) is 36.6 Å². The van der Waals surface area contributed by atoms with Crippen LogP contribution < -0.4 is 0 Å². The third-order valence-electron chi connectivity index (χ3n) is 19.9. The number of fused-ring (bicyclic) bond motifs is 6. The fourth-order valence-electron chi connectivity index (χ4n) is 15.1. The van der Waals surface area contributed by atoms with Crippen LogP contribution >= 0.6 is 17.2 Å². The first-order chi connectivity index (χ1) is 28.6. The average Bonchev–Trinajstić information content (AvgIpc) is 3.42. The molecule has 0 N–H and O–H groups in total. The molecule has 2 aliphatic heterocycles. The Morgan fingerprint density at radius 1 is 0.355 bits per heavy atom. The molecule has 8 heteroatoms. The van der Waals surface area contributed by atoms with Gasteiger partial charge in [0.25, 0.3) is 0 Å². The lowest BCUT2D eigenvalue weighted by Crippen LogP contribution is -2.56. The number of hydrogen-bond acceptors (Lipinski definition) is 6. The molecule has 0 bridgehead atoms. The highest BCUT2D eigenvalue weighted by Crippen LogP contribution is 2.67. The summed E-state index contributed by atoms with van der Waals surface area (Å²) in [5, 5.41) is 0. The second-order valence-electron chi connectivity index (χ2n) is 27.8. The van der Waals surface area contributed by atoms with E-state index in [4.69, 9.17) is 27.1 Å². The molecule has 360 valence electrons. The van der Waals surface area contributed by atoms with E-state index in [9.17, 15) is 0 Å². The molecule has 0 radical (unpaired) electrons. The Balaban J connectivity index is 1.23. The van der Waals surface area contributed by atoms with E-state index in [0.717, 1.165) is 25.7 Å². The van der Waals surface area contributed by atoms with Crippen molar-refractivity contribution in [2.24, 2.45) is 116 Å². The molecule has 7 rings (SSSR count). The highest BCUT2D eigenvalue weighted by Gasteiger charge is 2.62. The maximum atomic E-state index is 7.57. The third-order valence-corrected chi connectivity index (χ3v) is 22.4. The molecule has 7 fully saturated rings. The summed E-state index contributed by atoms with van der Waals surface area (Å²) in [5.41, 5.74) is 0.471. The fourth-order valence-corrected chi connectivity index (χ4v) is 18.3. The van der Waals surface area contributed by atoms with E-state index in [0.29, 0.717) is 94.7 Å². The van der Waals surface area contributed by atoms with E-state index in [2.05, 4.69) is 138 Å². The standard InChI is InChI=1S/C54H98O6P2/c1-29-25-37(51(9,10)11)47-43(33(29)5)44-34(6)30(2)26-38(52(12,13)14)48(44)58-61(57-47)55-41-23-21-22-24-42(41)56-62-59-49-39(53(15,16)17)27-31(3)35(7)45(49)46-36(8)32(4)28-40(50(46)60-62)54(18,19)20/h29-50H,21-28H2,1-20H3/t29-,30?,31-,32?,33-,34?,35-,36?,37?,38-,39?,40-,41?,42?,43?,44?,45?,46?,47?,48?,49?,50?,61?,62?/m1/s1. The lowest BCUT2D eigenvalue weighted by Gasteiger charge is -2.56. The maximum Gasteiger partial charge on any atom is 0.333 e. The van der Waals surface area contributed by atoms with Crippen molar-refractivity contribution in [2.75, 3.05) is 0 Å². The fraction of sp³-hybridized carbons (Fsp3) is 1.00. The molecule has 2 heterocycles. The molecule has 0 spiro atoms. The summed E-state index contributed by atoms with van der Waals surface area (Å²) >= 11 is 0. The van der Waals surface area contributed by atoms with Crippen LogP contribution in [0.15, 0.2) is 0 Å². The highest BCUT2D eigenvalue weighted by molar-refractivity contribution is 7.42. The van der Waals surface area contributed by atoms with Crippen LogP contribution in [0.25, 0.3) is 0 Å². The van der Waals surface area contributed by atoms with E-state index in [1.54, 1.807) is 0 Å². The van der Waals surface area contributed by atoms with Crippen LogP contribution in [0.1, 0.15) is 190 Å². The van der Waals surface area contributed by atoms with E-state index >= 15 is 0 Å². The SMILES string of the molecule is CC1C[C@@H](C(C)(C)C)C2OP(OC3CCCCC3OP3OC4C(C5C(C)C(C)C[C@@H](C(C)(C)C)C5O3)[C@H](C)[C@H](C)CC4C(C)(C)C)OC3C(C2C1C)[C@H](C)[C@H](C)CC3C(C)(C)C. The van der Waals surface area contributed by atoms with E-state index in [1.807, 2.05) is 0 Å². The van der Waals surface area contributed by atoms with Gasteiger partial charge in [0, 0.05) is 0 Å². The summed E-state index contributed by atoms with van der Waals surface area (Å²) in [7, 11) is -3.25. The molecule has 7 aliphatic rings. The molecule has 2 saturated heterocycles. The lowest BCUT2D eigenvalue weighted by atomic mass is 9.51. The van der Waals surface area contributed by atoms with Crippen molar-refractivity contribution in [3.05, 3.63) is 0 Å². The van der Waals surface area contributed by atoms with Gasteiger partial charge in [0.1, 0.15) is 0 Å². The normalized spacial score (nSPS) is 50.9. The predicted molar refractivity (Wildman–Crippen MR) is 259 cm³/mol. The Morgan fingerprint density at radius 3 is 0.758 bits per heavy atom. The molecule has 18 unspecified atom stereocenters. The van der Waals surface area contributed by atoms with Gasteiger partial charge in [-0.25, -0.2) is 0 Å². The maximum absolute atomic E-state index is 7.57. The van der Waals surface area contributed by atoms with Crippen molar-refractivity contribution in [3.63, 3.8) is 0 Å². The smallest absolute Gasteiger partial charge is 0.308 e. The minimum absolute atomic E-state index is 0.112. The summed E-state index contributed by atoms with van der Waals surface area (Å²) in [6.07, 6.45) is 9.12. The Labute approximate surface area is 385 Å². The quantitative estimate of drug-likeness (QED) is 0.262. The summed E-state index contributed by atoms with van der Waals surface area (Å²) in [5.74, 6) is 8.35. The molecule has 6 nitrogen and oxygen atoms in total. The number of hydrogen-bond donors (Lipinski definition) is 0. The Kier molecular flexibility index (Phi) is 15.1. The van der Waals surface area contributed by atoms with Crippen molar-refractivity contribution in [1.82, 2.24) is 0 Å². The zero-order valence-electron chi connectivity index (χ0n) is 43.7. The van der Waals surface area contributed by atoms with Crippen molar-refractivity contribution < 1.29 is 27.1 Å². The van der Waals surface area contributed by atoms with Crippen molar-refractivity contribution in [2.45, 2.75) is 226 Å². The zero-order valence-corrected chi connectivity index (χ0v) is 45.5. The zero-order chi connectivity index (χ0) is 45.8. The van der Waals surface area contributed by atoms with Gasteiger partial charge < -0.3 is 27.1 Å². The first kappa shape index (κ1) is 50.5. The summed E-state index contributed by atoms with van der Waals surface area (Å²) in [6, 6.07) is 0. The van der Waals surface area contributed by atoms with Gasteiger partial charge in [-0.2, -0.15) is 0 Å². The third kappa shape index (κ3) is 9.89. The van der Waals surface area contributed by atoms with Crippen LogP contribution in [0.3, 0.4) is 0 Å². The molecule has 5 aliphatic carbocycles. The molecule has 0 aromatic carbocycles. The minimum Gasteiger partial charge on any atom is -0.308 e. The second-order valence-corrected chi connectivity index (χ2v) is 29.9. The predicted octanol–water partition coefficient (Wildman–Crippen LogP) is 16.2. The van der Waals surface area contributed by atoms with Crippen molar-refractivity contribution in [3.8, 4) is 0 Å². The average molecular weight is 905 g/mol. The first-order valence-corrected chi connectivity index (χ1v) is 28.4. The summed E-state index contributed by atoms with van der Waals surface area (Å²) < 4.78 is 45.2. The summed E-state index contributed by atoms with van der Waals surface area (Å²) in [4.78, 5) is 0. The van der Waals surface area contributed by atoms with Gasteiger partial charge in [-0.1, -0.05) is 151 Å². The molecule has 0 aromatic heterocycles. The van der Waals surface area contributed by atoms with Gasteiger partial charge in [0.2, 0.25) is 0 Å². The van der Waals surface area contributed by atoms with Gasteiger partial charge in [-0.3, -0.25) is 0 Å². The van der Waals surface area contributed by atoms with Gasteiger partial charge >= 0.3 is 17.2 Å². The van der Waals surface area contributed by atoms with Crippen molar-refractivity contribution in [1.29, 1.82) is 0 Å². The molecule has 62 heavy (non-hydrogen) atoms. The number of rotatable bonds is 4. The molecule has 5 saturated carbocycles. The monoisotopic (exact) mass is 905 g/mol. The molecular formula is C54H98O6P2. The van der Waals surface area contributed by atoms with E-state index < -0.39 is 17.2 Å². The highest BCUT2D eigenvalue weighted by atomic mass is 31.2. The topological polar surface area (TPSA) is 55.4 Å². The molecule has 0 aromatic rings. The second kappa shape index (κ2) is 18.5. The van der Waals surface area contributed by atoms with E-state index in [1.165, 1.54) is 25.7 Å². The molecular weight excluding hydrogens is 807 g/mol. The van der Waals surface area contributed by atoms with Crippen molar-refractivity contribution >= 4 is 17.2 Å². The van der Waals surface area contributed by atoms with Crippen LogP contribution in [0, 0.1) is 116 Å². The minimum atomic E-state index is -1.62. The summed E-state index contributed by atoms with van der Waals surface area (Å²) in [6.45, 7) is 49.6. The lowest BCUT2D eigenvalue weighted by molar-refractivity contribution is -0.123. The largest absolute Gasteiger partial charge is 0.333 e. The van der Waals surface area contributed by atoms with Crippen LogP contribution in [0.4, 0.5) is 0 Å². The van der Waals surface area contributed by atoms with Gasteiger partial charge in [-0.05, 0) is 155 Å². The van der Waals surface area contributed by atoms with Crippen LogP contribution in [-0.2, 0) is 27.1 Å². The molecule has 0 amide bonds. The van der Waals surface area contributed by atoms with Crippen LogP contribution in [0.2, 0.25) is 0 Å². The van der Waals surface area contributed by atoms with Gasteiger partial charge in [0.15, 0.2) is 0 Å². The Hall–Kier alpha value is 0.620. The van der Waals surface area contributed by atoms with E-state index in [-0.39, 0.29) is 58.3 Å². The van der Waals surface area contributed by atoms with Gasteiger partial charge in [-0.15, -0.1) is 0 Å². The Morgan fingerprint density at radius 2 is 0.565 bits per heavy atom. The molecule has 24 atom stereocenters. The van der Waals surface area contributed by atoms with Crippen LogP contribution in [0.5, 0.6) is 0 Å². The first-order valence-electron chi connectivity index (χ1n) is 26.2. The van der Waals surface area contributed by atoms with Gasteiger partial charge in [0.05, 0.1) is 36.6 Å².